The van der Waals surface area contributed by atoms with Crippen molar-refractivity contribution >= 4 is 11.5 Å². The van der Waals surface area contributed by atoms with E-state index in [1.54, 1.807) is 25.3 Å². The number of anilines is 1. The molecule has 0 unspecified atom stereocenters. The quantitative estimate of drug-likeness (QED) is 0.582. The summed E-state index contributed by atoms with van der Waals surface area (Å²) in [6, 6.07) is 5.01. The normalized spacial score (nSPS) is 8.57. The van der Waals surface area contributed by atoms with Crippen LogP contribution in [-0.4, -0.2) is 12.9 Å². The highest BCUT2D eigenvalue weighted by atomic mass is 16.5. The largest absolute Gasteiger partial charge is 0.497 e. The van der Waals surface area contributed by atoms with E-state index in [0.29, 0.717) is 17.0 Å². The van der Waals surface area contributed by atoms with Gasteiger partial charge in [0.1, 0.15) is 5.75 Å². The average molecular weight is 195 g/mol. The zero-order chi connectivity index (χ0) is 11.1. The van der Waals surface area contributed by atoms with E-state index in [1.165, 1.54) is 6.92 Å². The number of hydrogen-bond acceptors (Lipinski definition) is 3. The maximum Gasteiger partial charge on any atom is 0.161 e. The highest BCUT2D eigenvalue weighted by Gasteiger charge is 2.04. The predicted molar refractivity (Wildman–Crippen MR) is 58.8 cm³/mol. The second-order valence-corrected chi connectivity index (χ2v) is 2.51. The number of carbonyl (C=O) groups excluding carboxylic acids is 1. The van der Waals surface area contributed by atoms with E-state index >= 15 is 0 Å². The number of benzene rings is 1. The summed E-state index contributed by atoms with van der Waals surface area (Å²) in [5, 5.41) is 0. The predicted octanol–water partition coefficient (Wildman–Crippen LogP) is 2.51. The van der Waals surface area contributed by atoms with Crippen LogP contribution in [0, 0.1) is 0 Å². The topological polar surface area (TPSA) is 52.3 Å². The number of nitrogen functional groups attached to an aromatic ring is 1. The monoisotopic (exact) mass is 195 g/mol. The first-order valence-electron chi connectivity index (χ1n) is 4.59. The number of carbonyl (C=O) groups is 1. The maximum absolute atomic E-state index is 10.9. The third-order valence-electron chi connectivity index (χ3n) is 1.64. The third-order valence-corrected chi connectivity index (χ3v) is 1.64. The van der Waals surface area contributed by atoms with Gasteiger partial charge in [-0.25, -0.2) is 0 Å². The summed E-state index contributed by atoms with van der Waals surface area (Å²) in [7, 11) is 1.56. The molecule has 0 radical (unpaired) electrons. The molecule has 0 spiro atoms. The summed E-state index contributed by atoms with van der Waals surface area (Å²) in [5.74, 6) is 0.632. The van der Waals surface area contributed by atoms with Crippen molar-refractivity contribution in [3.8, 4) is 5.75 Å². The van der Waals surface area contributed by atoms with Crippen molar-refractivity contribution in [3.63, 3.8) is 0 Å². The zero-order valence-electron chi connectivity index (χ0n) is 9.13. The van der Waals surface area contributed by atoms with Gasteiger partial charge in [0.2, 0.25) is 0 Å². The van der Waals surface area contributed by atoms with Crippen molar-refractivity contribution in [2.24, 2.45) is 0 Å². The van der Waals surface area contributed by atoms with Crippen LogP contribution in [-0.2, 0) is 0 Å². The Kier molecular flexibility index (Phi) is 5.37. The molecule has 0 atom stereocenters. The highest BCUT2D eigenvalue weighted by Crippen LogP contribution is 2.19. The molecule has 0 aliphatic carbocycles. The molecule has 1 rings (SSSR count). The highest BCUT2D eigenvalue weighted by molar-refractivity contribution is 5.99. The van der Waals surface area contributed by atoms with E-state index < -0.39 is 0 Å². The summed E-state index contributed by atoms with van der Waals surface area (Å²) in [5.41, 5.74) is 6.59. The molecule has 3 heteroatoms. The van der Waals surface area contributed by atoms with Crippen molar-refractivity contribution in [2.45, 2.75) is 20.8 Å². The smallest absolute Gasteiger partial charge is 0.161 e. The minimum atomic E-state index is -0.0323. The number of Topliss-reactive ketones (excluding diaryl/α,β-unsaturated/α-hetero) is 1. The van der Waals surface area contributed by atoms with E-state index in [-0.39, 0.29) is 5.78 Å². The zero-order valence-corrected chi connectivity index (χ0v) is 9.13. The SMILES string of the molecule is CC.COc1ccc(C(C)=O)c(N)c1. The minimum Gasteiger partial charge on any atom is -0.497 e. The third kappa shape index (κ3) is 3.09. The van der Waals surface area contributed by atoms with Crippen molar-refractivity contribution in [1.29, 1.82) is 0 Å². The van der Waals surface area contributed by atoms with Gasteiger partial charge in [0.05, 0.1) is 7.11 Å². The molecular formula is C11H17NO2. The Hall–Kier alpha value is -1.51. The molecule has 3 nitrogen and oxygen atoms in total. The Labute approximate surface area is 84.9 Å². The Bertz CT molecular complexity index is 308. The molecule has 0 saturated carbocycles. The molecule has 1 aromatic rings. The molecule has 0 aromatic heterocycles. The van der Waals surface area contributed by atoms with Gasteiger partial charge in [-0.3, -0.25) is 4.79 Å². The van der Waals surface area contributed by atoms with Gasteiger partial charge in [0, 0.05) is 17.3 Å². The molecule has 0 heterocycles. The lowest BCUT2D eigenvalue weighted by molar-refractivity contribution is 0.101. The van der Waals surface area contributed by atoms with Crippen molar-refractivity contribution in [2.75, 3.05) is 12.8 Å². The molecule has 14 heavy (non-hydrogen) atoms. The van der Waals surface area contributed by atoms with E-state index in [0.717, 1.165) is 0 Å². The second-order valence-electron chi connectivity index (χ2n) is 2.51. The number of rotatable bonds is 2. The summed E-state index contributed by atoms with van der Waals surface area (Å²) in [6.45, 7) is 5.48. The lowest BCUT2D eigenvalue weighted by Gasteiger charge is -2.03. The van der Waals surface area contributed by atoms with Gasteiger partial charge in [0.15, 0.2) is 5.78 Å². The Morgan fingerprint density at radius 3 is 2.29 bits per heavy atom. The molecule has 1 aromatic carbocycles. The fourth-order valence-corrected chi connectivity index (χ4v) is 0.988. The Morgan fingerprint density at radius 2 is 1.93 bits per heavy atom. The number of ketones is 1. The summed E-state index contributed by atoms with van der Waals surface area (Å²) in [4.78, 5) is 10.9. The lowest BCUT2D eigenvalue weighted by Crippen LogP contribution is -1.99. The fourth-order valence-electron chi connectivity index (χ4n) is 0.988. The number of hydrogen-bond donors (Lipinski definition) is 1. The number of nitrogens with two attached hydrogens (primary N) is 1. The Morgan fingerprint density at radius 1 is 1.36 bits per heavy atom. The van der Waals surface area contributed by atoms with E-state index in [4.69, 9.17) is 10.5 Å². The molecule has 0 fully saturated rings. The average Bonchev–Trinajstić information content (AvgIpc) is 2.20. The lowest BCUT2D eigenvalue weighted by atomic mass is 10.1. The molecule has 2 N–H and O–H groups in total. The van der Waals surface area contributed by atoms with E-state index in [9.17, 15) is 4.79 Å². The van der Waals surface area contributed by atoms with Gasteiger partial charge >= 0.3 is 0 Å². The minimum absolute atomic E-state index is 0.0323. The van der Waals surface area contributed by atoms with Crippen LogP contribution in [0.15, 0.2) is 18.2 Å². The molecular weight excluding hydrogens is 178 g/mol. The van der Waals surface area contributed by atoms with Gasteiger partial charge in [-0.05, 0) is 19.1 Å². The van der Waals surface area contributed by atoms with Crippen molar-refractivity contribution < 1.29 is 9.53 Å². The van der Waals surface area contributed by atoms with Crippen LogP contribution in [0.2, 0.25) is 0 Å². The Balaban J connectivity index is 0.000000791. The maximum atomic E-state index is 10.9. The molecule has 0 bridgehead atoms. The second kappa shape index (κ2) is 6.02. The first-order chi connectivity index (χ1) is 6.65. The first-order valence-corrected chi connectivity index (χ1v) is 4.59. The van der Waals surface area contributed by atoms with Crippen LogP contribution in [0.4, 0.5) is 5.69 Å². The number of ether oxygens (including phenoxy) is 1. The first kappa shape index (κ1) is 12.5. The standard InChI is InChI=1S/C9H11NO2.C2H6/c1-6(11)8-4-3-7(12-2)5-9(8)10;1-2/h3-5H,10H2,1-2H3;1-2H3. The summed E-state index contributed by atoms with van der Waals surface area (Å²) < 4.78 is 4.94. The van der Waals surface area contributed by atoms with Gasteiger partial charge in [-0.2, -0.15) is 0 Å². The van der Waals surface area contributed by atoms with Crippen LogP contribution >= 0.6 is 0 Å². The molecule has 0 amide bonds. The molecule has 0 aliphatic heterocycles. The van der Waals surface area contributed by atoms with E-state index in [2.05, 4.69) is 0 Å². The van der Waals surface area contributed by atoms with Gasteiger partial charge in [0.25, 0.3) is 0 Å². The van der Waals surface area contributed by atoms with Crippen LogP contribution in [0.5, 0.6) is 5.75 Å². The van der Waals surface area contributed by atoms with Gasteiger partial charge in [-0.15, -0.1) is 0 Å². The molecule has 78 valence electrons. The summed E-state index contributed by atoms with van der Waals surface area (Å²) >= 11 is 0. The van der Waals surface area contributed by atoms with Crippen LogP contribution in [0.1, 0.15) is 31.1 Å². The van der Waals surface area contributed by atoms with Crippen LogP contribution in [0.25, 0.3) is 0 Å². The van der Waals surface area contributed by atoms with Gasteiger partial charge in [-0.1, -0.05) is 13.8 Å². The van der Waals surface area contributed by atoms with Crippen LogP contribution in [0.3, 0.4) is 0 Å². The fraction of sp³-hybridized carbons (Fsp3) is 0.364. The molecule has 0 aliphatic rings. The number of methoxy groups -OCH3 is 1. The molecule has 0 saturated heterocycles. The van der Waals surface area contributed by atoms with E-state index in [1.807, 2.05) is 13.8 Å². The van der Waals surface area contributed by atoms with Crippen molar-refractivity contribution in [3.05, 3.63) is 23.8 Å². The van der Waals surface area contributed by atoms with Gasteiger partial charge < -0.3 is 10.5 Å². The summed E-state index contributed by atoms with van der Waals surface area (Å²) in [6.07, 6.45) is 0. The van der Waals surface area contributed by atoms with Crippen LogP contribution < -0.4 is 10.5 Å². The van der Waals surface area contributed by atoms with Crippen molar-refractivity contribution in [1.82, 2.24) is 0 Å².